The van der Waals surface area contributed by atoms with Gasteiger partial charge in [-0.2, -0.15) is 4.31 Å². The summed E-state index contributed by atoms with van der Waals surface area (Å²) in [7, 11) is 2.02. The molecule has 158 valence electrons. The molecule has 0 heterocycles. The van der Waals surface area contributed by atoms with E-state index in [0.717, 1.165) is 11.3 Å². The minimum absolute atomic E-state index is 0.122. The number of hydrogen-bond acceptors (Lipinski definition) is 4. The van der Waals surface area contributed by atoms with Gasteiger partial charge in [-0.15, -0.1) is 0 Å². The largest absolute Gasteiger partial charge is 0.378 e. The van der Waals surface area contributed by atoms with Gasteiger partial charge in [0, 0.05) is 50.9 Å². The predicted octanol–water partition coefficient (Wildman–Crippen LogP) is 3.82. The fourth-order valence-corrected chi connectivity index (χ4v) is 4.89. The van der Waals surface area contributed by atoms with Crippen molar-refractivity contribution in [2.45, 2.75) is 25.3 Å². The third-order valence-electron chi connectivity index (χ3n) is 4.73. The van der Waals surface area contributed by atoms with E-state index < -0.39 is 10.0 Å². The molecule has 0 aliphatic heterocycles. The van der Waals surface area contributed by atoms with Crippen molar-refractivity contribution in [1.29, 1.82) is 0 Å². The van der Waals surface area contributed by atoms with Gasteiger partial charge in [0.15, 0.2) is 0 Å². The Morgan fingerprint density at radius 2 is 1.55 bits per heavy atom. The molecule has 29 heavy (non-hydrogen) atoms. The lowest BCUT2D eigenvalue weighted by atomic mass is 10.1. The molecule has 2 aromatic carbocycles. The van der Waals surface area contributed by atoms with Gasteiger partial charge in [-0.1, -0.05) is 26.0 Å². The van der Waals surface area contributed by atoms with Crippen LogP contribution in [0.2, 0.25) is 0 Å². The van der Waals surface area contributed by atoms with Crippen molar-refractivity contribution >= 4 is 37.5 Å². The second kappa shape index (κ2) is 9.73. The van der Waals surface area contributed by atoms with E-state index >= 15 is 0 Å². The zero-order chi connectivity index (χ0) is 21.8. The third-order valence-corrected chi connectivity index (χ3v) is 7.47. The Morgan fingerprint density at radius 3 is 2.07 bits per heavy atom. The van der Waals surface area contributed by atoms with E-state index in [1.807, 2.05) is 43.3 Å². The van der Waals surface area contributed by atoms with Crippen LogP contribution in [0.3, 0.4) is 0 Å². The Hall–Kier alpha value is -1.90. The first-order valence-corrected chi connectivity index (χ1v) is 11.7. The van der Waals surface area contributed by atoms with Crippen LogP contribution in [-0.2, 0) is 16.6 Å². The summed E-state index contributed by atoms with van der Waals surface area (Å²) in [4.78, 5) is 16.7. The number of sulfonamides is 1. The van der Waals surface area contributed by atoms with Crippen molar-refractivity contribution in [3.8, 4) is 0 Å². The van der Waals surface area contributed by atoms with Crippen LogP contribution in [0.25, 0.3) is 0 Å². The fraction of sp³-hybridized carbons (Fsp3) is 0.381. The minimum Gasteiger partial charge on any atom is -0.378 e. The minimum atomic E-state index is -3.63. The molecule has 0 N–H and O–H groups in total. The molecular weight excluding hydrogens is 454 g/mol. The Morgan fingerprint density at radius 1 is 0.966 bits per heavy atom. The fourth-order valence-electron chi connectivity index (χ4n) is 2.99. The van der Waals surface area contributed by atoms with Crippen molar-refractivity contribution < 1.29 is 13.2 Å². The van der Waals surface area contributed by atoms with E-state index in [2.05, 4.69) is 15.9 Å². The highest BCUT2D eigenvalue weighted by Gasteiger charge is 2.24. The number of halogens is 1. The van der Waals surface area contributed by atoms with Crippen LogP contribution >= 0.6 is 15.9 Å². The van der Waals surface area contributed by atoms with E-state index in [1.165, 1.54) is 16.4 Å². The van der Waals surface area contributed by atoms with E-state index in [4.69, 9.17) is 0 Å². The van der Waals surface area contributed by atoms with Crippen molar-refractivity contribution in [2.75, 3.05) is 39.1 Å². The van der Waals surface area contributed by atoms with E-state index in [9.17, 15) is 13.2 Å². The zero-order valence-corrected chi connectivity index (χ0v) is 19.9. The smallest absolute Gasteiger partial charge is 0.255 e. The summed E-state index contributed by atoms with van der Waals surface area (Å²) < 4.78 is 27.6. The lowest BCUT2D eigenvalue weighted by Gasteiger charge is -2.21. The first-order valence-electron chi connectivity index (χ1n) is 9.43. The van der Waals surface area contributed by atoms with Gasteiger partial charge in [0.05, 0.1) is 10.5 Å². The summed E-state index contributed by atoms with van der Waals surface area (Å²) in [6, 6.07) is 12.6. The van der Waals surface area contributed by atoms with Gasteiger partial charge in [-0.25, -0.2) is 8.42 Å². The number of anilines is 1. The molecule has 2 aromatic rings. The second-order valence-corrected chi connectivity index (χ2v) is 9.75. The molecular formula is C21H28BrN3O3S. The molecule has 0 aliphatic carbocycles. The monoisotopic (exact) mass is 481 g/mol. The standard InChI is InChI=1S/C21H28BrN3O3S/c1-6-25(7-2)29(27,28)18-12-13-20(22)19(14-18)21(26)24(5)15-16-8-10-17(11-9-16)23(3)4/h8-14H,6-7,15H2,1-5H3. The molecule has 0 unspecified atom stereocenters. The van der Waals surface area contributed by atoms with Crippen LogP contribution in [-0.4, -0.2) is 57.8 Å². The molecule has 0 radical (unpaired) electrons. The highest BCUT2D eigenvalue weighted by atomic mass is 79.9. The Balaban J connectivity index is 2.27. The van der Waals surface area contributed by atoms with Crippen molar-refractivity contribution in [3.63, 3.8) is 0 Å². The summed E-state index contributed by atoms with van der Waals surface area (Å²) in [5.41, 5.74) is 2.40. The maximum Gasteiger partial charge on any atom is 0.255 e. The second-order valence-electron chi connectivity index (χ2n) is 6.95. The number of hydrogen-bond donors (Lipinski definition) is 0. The maximum absolute atomic E-state index is 13.0. The number of nitrogens with zero attached hydrogens (tertiary/aromatic N) is 3. The summed E-state index contributed by atoms with van der Waals surface area (Å²) in [5.74, 6) is -0.245. The molecule has 2 rings (SSSR count). The first-order chi connectivity index (χ1) is 13.6. The van der Waals surface area contributed by atoms with Gasteiger partial charge in [0.25, 0.3) is 5.91 Å². The molecule has 0 spiro atoms. The molecule has 0 atom stereocenters. The van der Waals surface area contributed by atoms with Gasteiger partial charge in [-0.3, -0.25) is 4.79 Å². The van der Waals surface area contributed by atoms with Crippen LogP contribution in [0.5, 0.6) is 0 Å². The molecule has 0 saturated heterocycles. The number of carbonyl (C=O) groups is 1. The quantitative estimate of drug-likeness (QED) is 0.574. The van der Waals surface area contributed by atoms with Gasteiger partial charge in [0.2, 0.25) is 10.0 Å². The maximum atomic E-state index is 13.0. The average Bonchev–Trinajstić information content (AvgIpc) is 2.68. The summed E-state index contributed by atoms with van der Waals surface area (Å²) in [6.07, 6.45) is 0. The van der Waals surface area contributed by atoms with Gasteiger partial charge < -0.3 is 9.80 Å². The lowest BCUT2D eigenvalue weighted by Crippen LogP contribution is -2.31. The molecule has 6 nitrogen and oxygen atoms in total. The van der Waals surface area contributed by atoms with Crippen molar-refractivity contribution in [2.24, 2.45) is 0 Å². The van der Waals surface area contributed by atoms with Crippen LogP contribution in [0.4, 0.5) is 5.69 Å². The van der Waals surface area contributed by atoms with Crippen LogP contribution in [0.1, 0.15) is 29.8 Å². The highest BCUT2D eigenvalue weighted by Crippen LogP contribution is 2.25. The van der Waals surface area contributed by atoms with E-state index in [-0.39, 0.29) is 10.8 Å². The topological polar surface area (TPSA) is 60.9 Å². The van der Waals surface area contributed by atoms with Gasteiger partial charge >= 0.3 is 0 Å². The Kier molecular flexibility index (Phi) is 7.85. The lowest BCUT2D eigenvalue weighted by molar-refractivity contribution is 0.0784. The molecule has 0 fully saturated rings. The Labute approximate surface area is 182 Å². The predicted molar refractivity (Wildman–Crippen MR) is 121 cm³/mol. The molecule has 0 aromatic heterocycles. The number of benzene rings is 2. The third kappa shape index (κ3) is 5.38. The molecule has 0 bridgehead atoms. The van der Waals surface area contributed by atoms with Crippen molar-refractivity contribution in [3.05, 3.63) is 58.1 Å². The van der Waals surface area contributed by atoms with Gasteiger partial charge in [0.1, 0.15) is 0 Å². The molecule has 1 amide bonds. The first kappa shape index (κ1) is 23.4. The van der Waals surface area contributed by atoms with Crippen LogP contribution in [0.15, 0.2) is 51.8 Å². The molecule has 0 saturated carbocycles. The van der Waals surface area contributed by atoms with Gasteiger partial charge in [-0.05, 0) is 51.8 Å². The SMILES string of the molecule is CCN(CC)S(=O)(=O)c1ccc(Br)c(C(=O)N(C)Cc2ccc(N(C)C)cc2)c1. The van der Waals surface area contributed by atoms with Crippen LogP contribution in [0, 0.1) is 0 Å². The van der Waals surface area contributed by atoms with Crippen molar-refractivity contribution in [1.82, 2.24) is 9.21 Å². The summed E-state index contributed by atoms with van der Waals surface area (Å²) >= 11 is 3.39. The number of amides is 1. The normalized spacial score (nSPS) is 11.6. The molecule has 8 heteroatoms. The number of rotatable bonds is 8. The number of carbonyl (C=O) groups excluding carboxylic acids is 1. The van der Waals surface area contributed by atoms with Crippen LogP contribution < -0.4 is 4.90 Å². The highest BCUT2D eigenvalue weighted by molar-refractivity contribution is 9.10. The average molecular weight is 482 g/mol. The summed E-state index contributed by atoms with van der Waals surface area (Å²) in [5, 5.41) is 0. The zero-order valence-electron chi connectivity index (χ0n) is 17.5. The summed E-state index contributed by atoms with van der Waals surface area (Å²) in [6.45, 7) is 4.76. The van der Waals surface area contributed by atoms with E-state index in [1.54, 1.807) is 31.9 Å². The van der Waals surface area contributed by atoms with E-state index in [0.29, 0.717) is 29.7 Å². The molecule has 0 aliphatic rings. The Bertz CT molecular complexity index is 956.